The molecule has 3 aromatic rings. The van der Waals surface area contributed by atoms with Crippen molar-refractivity contribution in [2.45, 2.75) is 19.6 Å². The van der Waals surface area contributed by atoms with Crippen LogP contribution in [0.1, 0.15) is 16.8 Å². The number of hydrogen-bond donors (Lipinski definition) is 1. The molecule has 0 saturated heterocycles. The van der Waals surface area contributed by atoms with Crippen molar-refractivity contribution in [2.75, 3.05) is 5.73 Å². The Morgan fingerprint density at radius 3 is 2.57 bits per heavy atom. The fraction of sp³-hybridized carbons (Fsp3) is 0.167. The second-order valence-electron chi connectivity index (χ2n) is 5.60. The molecule has 4 rings (SSSR count). The quantitative estimate of drug-likeness (QED) is 0.780. The fourth-order valence-corrected chi connectivity index (χ4v) is 3.08. The minimum Gasteiger partial charge on any atom is -0.398 e. The van der Waals surface area contributed by atoms with Gasteiger partial charge in [-0.1, -0.05) is 48.5 Å². The summed E-state index contributed by atoms with van der Waals surface area (Å²) < 4.78 is 0. The molecule has 0 spiro atoms. The van der Waals surface area contributed by atoms with Crippen molar-refractivity contribution < 1.29 is 0 Å². The molecule has 0 aliphatic carbocycles. The van der Waals surface area contributed by atoms with E-state index in [1.165, 1.54) is 11.1 Å². The molecule has 0 amide bonds. The summed E-state index contributed by atoms with van der Waals surface area (Å²) in [5, 5.41) is 1.07. The maximum absolute atomic E-state index is 6.36. The molecule has 1 aliphatic heterocycles. The normalized spacial score (nSPS) is 14.5. The summed E-state index contributed by atoms with van der Waals surface area (Å²) >= 11 is 0. The molecule has 104 valence electrons. The molecule has 0 saturated carbocycles. The molecule has 0 bridgehead atoms. The second-order valence-corrected chi connectivity index (χ2v) is 5.60. The first-order chi connectivity index (χ1) is 10.3. The van der Waals surface area contributed by atoms with E-state index in [-0.39, 0.29) is 0 Å². The van der Waals surface area contributed by atoms with Gasteiger partial charge in [-0.15, -0.1) is 0 Å². The summed E-state index contributed by atoms with van der Waals surface area (Å²) in [5.74, 6) is 0. The number of nitrogens with two attached hydrogens (primary N) is 1. The molecule has 1 aliphatic rings. The van der Waals surface area contributed by atoms with Crippen LogP contribution in [0.2, 0.25) is 0 Å². The number of fused-ring (bicyclic) bond motifs is 2. The lowest BCUT2D eigenvalue weighted by Crippen LogP contribution is -2.15. The highest BCUT2D eigenvalue weighted by molar-refractivity contribution is 5.92. The minimum atomic E-state index is 0.874. The predicted molar refractivity (Wildman–Crippen MR) is 85.5 cm³/mol. The SMILES string of the molecule is Nc1c2c(nc3ccccc13)CN(Cc1ccccc1)C2. The molecular weight excluding hydrogens is 258 g/mol. The van der Waals surface area contributed by atoms with Crippen LogP contribution in [0.4, 0.5) is 5.69 Å². The van der Waals surface area contributed by atoms with E-state index in [9.17, 15) is 0 Å². The Bertz CT molecular complexity index is 796. The zero-order chi connectivity index (χ0) is 14.2. The lowest BCUT2D eigenvalue weighted by atomic mass is 10.1. The third kappa shape index (κ3) is 2.16. The number of rotatable bonds is 2. The van der Waals surface area contributed by atoms with Gasteiger partial charge in [0.1, 0.15) is 0 Å². The van der Waals surface area contributed by atoms with Crippen molar-refractivity contribution in [3.05, 3.63) is 71.4 Å². The molecule has 0 fully saturated rings. The molecule has 1 aromatic heterocycles. The number of pyridine rings is 1. The van der Waals surface area contributed by atoms with Crippen LogP contribution in [-0.4, -0.2) is 9.88 Å². The highest BCUT2D eigenvalue weighted by atomic mass is 15.2. The zero-order valence-corrected chi connectivity index (χ0v) is 11.8. The van der Waals surface area contributed by atoms with E-state index in [4.69, 9.17) is 10.7 Å². The van der Waals surface area contributed by atoms with Gasteiger partial charge in [0, 0.05) is 36.3 Å². The smallest absolute Gasteiger partial charge is 0.0726 e. The Balaban J connectivity index is 1.67. The maximum Gasteiger partial charge on any atom is 0.0726 e. The number of hydrogen-bond acceptors (Lipinski definition) is 3. The van der Waals surface area contributed by atoms with E-state index in [1.807, 2.05) is 18.2 Å². The Kier molecular flexibility index (Phi) is 2.86. The van der Waals surface area contributed by atoms with Crippen LogP contribution in [0.15, 0.2) is 54.6 Å². The summed E-state index contributed by atoms with van der Waals surface area (Å²) in [5.41, 5.74) is 11.9. The van der Waals surface area contributed by atoms with E-state index in [2.05, 4.69) is 41.3 Å². The molecule has 2 aromatic carbocycles. The average molecular weight is 275 g/mol. The Morgan fingerprint density at radius 1 is 0.952 bits per heavy atom. The van der Waals surface area contributed by atoms with Gasteiger partial charge in [-0.3, -0.25) is 9.88 Å². The van der Waals surface area contributed by atoms with Crippen molar-refractivity contribution >= 4 is 16.6 Å². The molecule has 0 atom stereocenters. The summed E-state index contributed by atoms with van der Waals surface area (Å²) in [7, 11) is 0. The van der Waals surface area contributed by atoms with E-state index < -0.39 is 0 Å². The van der Waals surface area contributed by atoms with Crippen LogP contribution < -0.4 is 5.73 Å². The number of anilines is 1. The average Bonchev–Trinajstić information content (AvgIpc) is 2.91. The lowest BCUT2D eigenvalue weighted by Gasteiger charge is -2.14. The Morgan fingerprint density at radius 2 is 1.71 bits per heavy atom. The third-order valence-corrected chi connectivity index (χ3v) is 4.13. The molecule has 0 unspecified atom stereocenters. The van der Waals surface area contributed by atoms with Gasteiger partial charge in [0.15, 0.2) is 0 Å². The summed E-state index contributed by atoms with van der Waals surface area (Å²) in [6.45, 7) is 2.69. The van der Waals surface area contributed by atoms with Crippen molar-refractivity contribution in [3.8, 4) is 0 Å². The van der Waals surface area contributed by atoms with Crippen molar-refractivity contribution in [1.82, 2.24) is 9.88 Å². The topological polar surface area (TPSA) is 42.1 Å². The largest absolute Gasteiger partial charge is 0.398 e. The van der Waals surface area contributed by atoms with Gasteiger partial charge in [0.2, 0.25) is 0 Å². The first kappa shape index (κ1) is 12.4. The number of aromatic nitrogens is 1. The molecule has 3 nitrogen and oxygen atoms in total. The third-order valence-electron chi connectivity index (χ3n) is 4.13. The van der Waals surface area contributed by atoms with E-state index in [0.717, 1.165) is 41.9 Å². The summed E-state index contributed by atoms with van der Waals surface area (Å²) in [6, 6.07) is 18.7. The molecular formula is C18H17N3. The number of nitrogen functional groups attached to an aromatic ring is 1. The van der Waals surface area contributed by atoms with Crippen LogP contribution in [0.3, 0.4) is 0 Å². The Labute approximate surface area is 124 Å². The van der Waals surface area contributed by atoms with Crippen LogP contribution in [-0.2, 0) is 19.6 Å². The van der Waals surface area contributed by atoms with Crippen LogP contribution in [0.5, 0.6) is 0 Å². The van der Waals surface area contributed by atoms with E-state index >= 15 is 0 Å². The monoisotopic (exact) mass is 275 g/mol. The second kappa shape index (κ2) is 4.86. The molecule has 21 heavy (non-hydrogen) atoms. The summed E-state index contributed by atoms with van der Waals surface area (Å²) in [4.78, 5) is 7.18. The van der Waals surface area contributed by atoms with Crippen LogP contribution in [0.25, 0.3) is 10.9 Å². The molecule has 2 N–H and O–H groups in total. The molecule has 3 heteroatoms. The van der Waals surface area contributed by atoms with Gasteiger partial charge in [0.25, 0.3) is 0 Å². The first-order valence-electron chi connectivity index (χ1n) is 7.23. The highest BCUT2D eigenvalue weighted by Crippen LogP contribution is 2.32. The number of nitrogens with zero attached hydrogens (tertiary/aromatic N) is 2. The van der Waals surface area contributed by atoms with Gasteiger partial charge in [0.05, 0.1) is 11.2 Å². The minimum absolute atomic E-state index is 0.874. The summed E-state index contributed by atoms with van der Waals surface area (Å²) in [6.07, 6.45) is 0. The van der Waals surface area contributed by atoms with Gasteiger partial charge >= 0.3 is 0 Å². The molecule has 0 radical (unpaired) electrons. The highest BCUT2D eigenvalue weighted by Gasteiger charge is 2.23. The first-order valence-corrected chi connectivity index (χ1v) is 7.23. The van der Waals surface area contributed by atoms with Gasteiger partial charge < -0.3 is 5.73 Å². The van der Waals surface area contributed by atoms with E-state index in [0.29, 0.717) is 0 Å². The Hall–Kier alpha value is -2.39. The van der Waals surface area contributed by atoms with Gasteiger partial charge in [-0.05, 0) is 11.6 Å². The fourth-order valence-electron chi connectivity index (χ4n) is 3.08. The molecule has 2 heterocycles. The predicted octanol–water partition coefficient (Wildman–Crippen LogP) is 3.33. The van der Waals surface area contributed by atoms with Crippen molar-refractivity contribution in [3.63, 3.8) is 0 Å². The van der Waals surface area contributed by atoms with Crippen LogP contribution in [0, 0.1) is 0 Å². The number of benzene rings is 2. The van der Waals surface area contributed by atoms with Gasteiger partial charge in [-0.25, -0.2) is 0 Å². The van der Waals surface area contributed by atoms with Crippen molar-refractivity contribution in [1.29, 1.82) is 0 Å². The lowest BCUT2D eigenvalue weighted by molar-refractivity contribution is 0.274. The van der Waals surface area contributed by atoms with E-state index in [1.54, 1.807) is 0 Å². The zero-order valence-electron chi connectivity index (χ0n) is 11.8. The van der Waals surface area contributed by atoms with Gasteiger partial charge in [-0.2, -0.15) is 0 Å². The van der Waals surface area contributed by atoms with Crippen molar-refractivity contribution in [2.24, 2.45) is 0 Å². The van der Waals surface area contributed by atoms with Crippen LogP contribution >= 0.6 is 0 Å². The maximum atomic E-state index is 6.36. The standard InChI is InChI=1S/C18H17N3/c19-18-14-8-4-5-9-16(14)20-17-12-21(11-15(17)18)10-13-6-2-1-3-7-13/h1-9H,10-12H2,(H2,19,20). The number of para-hydroxylation sites is 1.